The van der Waals surface area contributed by atoms with Gasteiger partial charge in [-0.05, 0) is 55.8 Å². The van der Waals surface area contributed by atoms with E-state index in [2.05, 4.69) is 19.9 Å². The third-order valence-electron chi connectivity index (χ3n) is 7.26. The van der Waals surface area contributed by atoms with Crippen LogP contribution in [0.3, 0.4) is 0 Å². The Hall–Kier alpha value is -2.46. The van der Waals surface area contributed by atoms with Gasteiger partial charge < -0.3 is 20.6 Å². The number of carbonyl (C=O) groups excluding carboxylic acids is 1. The number of halogens is 2. The molecule has 1 unspecified atom stereocenters. The molecule has 2 fully saturated rings. The largest absolute Gasteiger partial charge is 0.395 e. The minimum absolute atomic E-state index is 0.0867. The monoisotopic (exact) mass is 517 g/mol. The Bertz CT molecular complexity index is 1240. The molecule has 9 nitrogen and oxygen atoms in total. The standard InChI is InChI=1S/C24H29Cl2N7O2/c1-14(18-5-4-17(25)9-19(18)26)33-24-22(21(30-33)23(27)35)28-10-20(29-24)32-12-16(13-32)15-3-2-6-31(11-15)7-8-34/h4-5,9-10,14-16,34H,2-3,6-8,11-13H2,1H3,(H2,27,35)/t14?,15-/m1/s1. The van der Waals surface area contributed by atoms with Gasteiger partial charge in [0.1, 0.15) is 11.3 Å². The van der Waals surface area contributed by atoms with Gasteiger partial charge in [0.15, 0.2) is 11.3 Å². The van der Waals surface area contributed by atoms with Gasteiger partial charge >= 0.3 is 0 Å². The highest BCUT2D eigenvalue weighted by molar-refractivity contribution is 6.35. The van der Waals surface area contributed by atoms with E-state index in [-0.39, 0.29) is 18.3 Å². The highest BCUT2D eigenvalue weighted by atomic mass is 35.5. The maximum Gasteiger partial charge on any atom is 0.271 e. The number of benzene rings is 1. The van der Waals surface area contributed by atoms with Crippen molar-refractivity contribution in [1.82, 2.24) is 24.6 Å². The average molecular weight is 518 g/mol. The van der Waals surface area contributed by atoms with Gasteiger partial charge in [-0.1, -0.05) is 29.3 Å². The van der Waals surface area contributed by atoms with E-state index in [9.17, 15) is 9.90 Å². The summed E-state index contributed by atoms with van der Waals surface area (Å²) >= 11 is 12.5. The van der Waals surface area contributed by atoms with Crippen molar-refractivity contribution in [2.75, 3.05) is 44.2 Å². The van der Waals surface area contributed by atoms with Gasteiger partial charge in [0.05, 0.1) is 18.8 Å². The highest BCUT2D eigenvalue weighted by Gasteiger charge is 2.36. The van der Waals surface area contributed by atoms with Crippen LogP contribution in [-0.2, 0) is 0 Å². The molecule has 35 heavy (non-hydrogen) atoms. The maximum atomic E-state index is 12.1. The number of β-amino-alcohol motifs (C(OH)–C–C–N with tert-alkyl or cyclic N) is 1. The van der Waals surface area contributed by atoms with Crippen LogP contribution in [-0.4, -0.2) is 75.0 Å². The van der Waals surface area contributed by atoms with Gasteiger partial charge in [0.25, 0.3) is 5.91 Å². The first kappa shape index (κ1) is 24.2. The normalized spacial score (nSPS) is 20.2. The van der Waals surface area contributed by atoms with Gasteiger partial charge in [-0.25, -0.2) is 14.6 Å². The molecule has 0 aliphatic carbocycles. The van der Waals surface area contributed by atoms with Gasteiger partial charge in [-0.15, -0.1) is 0 Å². The molecule has 186 valence electrons. The van der Waals surface area contributed by atoms with Crippen molar-refractivity contribution in [3.05, 3.63) is 45.7 Å². The summed E-state index contributed by atoms with van der Waals surface area (Å²) in [5, 5.41) is 14.8. The van der Waals surface area contributed by atoms with Crippen molar-refractivity contribution in [2.45, 2.75) is 25.8 Å². The molecule has 5 rings (SSSR count). The predicted octanol–water partition coefficient (Wildman–Crippen LogP) is 2.98. The van der Waals surface area contributed by atoms with E-state index in [1.807, 2.05) is 13.0 Å². The Balaban J connectivity index is 1.40. The van der Waals surface area contributed by atoms with Crippen molar-refractivity contribution < 1.29 is 9.90 Å². The third-order valence-corrected chi connectivity index (χ3v) is 7.82. The van der Waals surface area contributed by atoms with Crippen molar-refractivity contribution in [3.8, 4) is 0 Å². The van der Waals surface area contributed by atoms with Crippen LogP contribution in [0.15, 0.2) is 24.4 Å². The van der Waals surface area contributed by atoms with Gasteiger partial charge in [0, 0.05) is 36.2 Å². The Morgan fingerprint density at radius 2 is 2.06 bits per heavy atom. The molecule has 0 spiro atoms. The summed E-state index contributed by atoms with van der Waals surface area (Å²) in [6.07, 6.45) is 4.09. The minimum atomic E-state index is -0.654. The van der Waals surface area contributed by atoms with Crippen LogP contribution in [0.5, 0.6) is 0 Å². The van der Waals surface area contributed by atoms with Crippen LogP contribution >= 0.6 is 23.2 Å². The van der Waals surface area contributed by atoms with Gasteiger partial charge in [-0.3, -0.25) is 4.79 Å². The van der Waals surface area contributed by atoms with Crippen LogP contribution in [0.4, 0.5) is 5.82 Å². The van der Waals surface area contributed by atoms with Gasteiger partial charge in [0.2, 0.25) is 0 Å². The Morgan fingerprint density at radius 3 is 2.77 bits per heavy atom. The lowest BCUT2D eigenvalue weighted by Gasteiger charge is -2.47. The van der Waals surface area contributed by atoms with Crippen molar-refractivity contribution in [2.24, 2.45) is 17.6 Å². The van der Waals surface area contributed by atoms with E-state index >= 15 is 0 Å². The summed E-state index contributed by atoms with van der Waals surface area (Å²) in [6.45, 7) is 6.81. The summed E-state index contributed by atoms with van der Waals surface area (Å²) < 4.78 is 1.66. The average Bonchev–Trinajstić information content (AvgIpc) is 3.18. The van der Waals surface area contributed by atoms with E-state index in [0.717, 1.165) is 44.1 Å². The quantitative estimate of drug-likeness (QED) is 0.495. The molecule has 1 aromatic carbocycles. The number of nitrogens with two attached hydrogens (primary N) is 1. The summed E-state index contributed by atoms with van der Waals surface area (Å²) in [5.41, 5.74) is 7.35. The number of aliphatic hydroxyl groups is 1. The molecule has 2 saturated heterocycles. The molecule has 0 bridgehead atoms. The smallest absolute Gasteiger partial charge is 0.271 e. The SMILES string of the molecule is CC(c1ccc(Cl)cc1Cl)n1nc(C(N)=O)c2ncc(N3CC([C@@H]4CCCN(CCO)C4)C3)nc21. The highest BCUT2D eigenvalue weighted by Crippen LogP contribution is 2.35. The molecule has 0 radical (unpaired) electrons. The topological polar surface area (TPSA) is 113 Å². The van der Waals surface area contributed by atoms with Crippen LogP contribution in [0, 0.1) is 11.8 Å². The number of nitrogens with zero attached hydrogens (tertiary/aromatic N) is 6. The molecule has 3 N–H and O–H groups in total. The lowest BCUT2D eigenvalue weighted by Crippen LogP contribution is -2.54. The number of hydrogen-bond acceptors (Lipinski definition) is 7. The van der Waals surface area contributed by atoms with E-state index in [1.165, 1.54) is 12.8 Å². The number of piperidine rings is 1. The van der Waals surface area contributed by atoms with E-state index < -0.39 is 5.91 Å². The number of fused-ring (bicyclic) bond motifs is 1. The van der Waals surface area contributed by atoms with Gasteiger partial charge in [-0.2, -0.15) is 5.10 Å². The van der Waals surface area contributed by atoms with Crippen LogP contribution < -0.4 is 10.6 Å². The molecular formula is C24H29Cl2N7O2. The second-order valence-electron chi connectivity index (χ2n) is 9.49. The first-order valence-electron chi connectivity index (χ1n) is 11.9. The summed E-state index contributed by atoms with van der Waals surface area (Å²) in [4.78, 5) is 26.0. The van der Waals surface area contributed by atoms with Crippen molar-refractivity contribution in [3.63, 3.8) is 0 Å². The number of primary amides is 1. The zero-order chi connectivity index (χ0) is 24.7. The fourth-order valence-electron chi connectivity index (χ4n) is 5.28. The second-order valence-corrected chi connectivity index (χ2v) is 10.3. The summed E-state index contributed by atoms with van der Waals surface area (Å²) in [6, 6.07) is 4.97. The first-order chi connectivity index (χ1) is 16.9. The molecule has 2 aliphatic heterocycles. The predicted molar refractivity (Wildman–Crippen MR) is 136 cm³/mol. The number of rotatable bonds is 7. The van der Waals surface area contributed by atoms with E-state index in [1.54, 1.807) is 23.0 Å². The molecule has 11 heteroatoms. The lowest BCUT2D eigenvalue weighted by atomic mass is 9.80. The van der Waals surface area contributed by atoms with E-state index in [4.69, 9.17) is 33.9 Å². The number of carbonyl (C=O) groups is 1. The maximum absolute atomic E-state index is 12.1. The molecule has 3 aromatic rings. The summed E-state index contributed by atoms with van der Waals surface area (Å²) in [7, 11) is 0. The molecule has 0 saturated carbocycles. The minimum Gasteiger partial charge on any atom is -0.395 e. The fourth-order valence-corrected chi connectivity index (χ4v) is 5.84. The number of anilines is 1. The van der Waals surface area contributed by atoms with Crippen LogP contribution in [0.2, 0.25) is 10.0 Å². The third kappa shape index (κ3) is 4.70. The van der Waals surface area contributed by atoms with Crippen molar-refractivity contribution in [1.29, 1.82) is 0 Å². The van der Waals surface area contributed by atoms with Crippen LogP contribution in [0.25, 0.3) is 11.2 Å². The zero-order valence-corrected chi connectivity index (χ0v) is 21.1. The number of likely N-dealkylation sites (tertiary alicyclic amines) is 1. The molecule has 1 amide bonds. The fraction of sp³-hybridized carbons (Fsp3) is 0.500. The number of hydrogen-bond donors (Lipinski definition) is 2. The van der Waals surface area contributed by atoms with Crippen molar-refractivity contribution >= 4 is 46.1 Å². The molecule has 2 atom stereocenters. The molecule has 2 aliphatic rings. The second kappa shape index (κ2) is 9.89. The Labute approximate surface area is 213 Å². The zero-order valence-electron chi connectivity index (χ0n) is 19.6. The number of aliphatic hydroxyl groups excluding tert-OH is 1. The summed E-state index contributed by atoms with van der Waals surface area (Å²) in [5.74, 6) is 1.32. The first-order valence-corrected chi connectivity index (χ1v) is 12.7. The van der Waals surface area contributed by atoms with Crippen LogP contribution in [0.1, 0.15) is 41.9 Å². The molecule has 4 heterocycles. The number of aromatic nitrogens is 4. The Kier molecular flexibility index (Phi) is 6.85. The van der Waals surface area contributed by atoms with E-state index in [0.29, 0.717) is 33.0 Å². The molecule has 2 aromatic heterocycles. The Morgan fingerprint density at radius 1 is 1.26 bits per heavy atom. The molecular weight excluding hydrogens is 489 g/mol. The lowest BCUT2D eigenvalue weighted by molar-refractivity contribution is 0.0995. The number of amides is 1.